The molecule has 2 aliphatic heterocycles. The number of benzene rings is 1. The first-order valence-electron chi connectivity index (χ1n) is 9.52. The van der Waals surface area contributed by atoms with Gasteiger partial charge in [0.15, 0.2) is 0 Å². The van der Waals surface area contributed by atoms with E-state index in [1.165, 1.54) is 37.1 Å². The van der Waals surface area contributed by atoms with Gasteiger partial charge in [-0.25, -0.2) is 0 Å². The minimum Gasteiger partial charge on any atom is -0.424 e. The third-order valence-electron chi connectivity index (χ3n) is 5.75. The van der Waals surface area contributed by atoms with Gasteiger partial charge in [0, 0.05) is 26.6 Å². The molecule has 1 fully saturated rings. The fourth-order valence-electron chi connectivity index (χ4n) is 4.06. The van der Waals surface area contributed by atoms with Gasteiger partial charge in [-0.2, -0.15) is 0 Å². The molecule has 25 heavy (non-hydrogen) atoms. The lowest BCUT2D eigenvalue weighted by Gasteiger charge is -2.37. The molecule has 0 radical (unpaired) electrons. The van der Waals surface area contributed by atoms with Crippen molar-refractivity contribution < 1.29 is 4.42 Å². The summed E-state index contributed by atoms with van der Waals surface area (Å²) in [5.41, 5.74) is 2.84. The molecule has 1 aromatic heterocycles. The summed E-state index contributed by atoms with van der Waals surface area (Å²) >= 11 is 0. The lowest BCUT2D eigenvalue weighted by atomic mass is 9.93. The average Bonchev–Trinajstić information content (AvgIpc) is 3.06. The Morgan fingerprint density at radius 3 is 2.56 bits per heavy atom. The van der Waals surface area contributed by atoms with Crippen LogP contribution in [-0.2, 0) is 13.0 Å². The van der Waals surface area contributed by atoms with Crippen LogP contribution in [0.5, 0.6) is 0 Å². The molecule has 2 aliphatic rings. The number of aromatic nitrogens is 2. The second-order valence-corrected chi connectivity index (χ2v) is 7.64. The molecule has 1 unspecified atom stereocenters. The first kappa shape index (κ1) is 16.7. The van der Waals surface area contributed by atoms with Crippen LogP contribution in [0.3, 0.4) is 0 Å². The molecule has 5 heteroatoms. The molecule has 2 aromatic rings. The Morgan fingerprint density at radius 2 is 1.84 bits per heavy atom. The Hall–Kier alpha value is -1.72. The zero-order valence-electron chi connectivity index (χ0n) is 15.3. The zero-order valence-corrected chi connectivity index (χ0v) is 15.3. The molecular formula is C20H28N4O. The molecule has 0 aliphatic carbocycles. The fraction of sp³-hybridized carbons (Fsp3) is 0.600. The van der Waals surface area contributed by atoms with Crippen LogP contribution in [0.4, 0.5) is 0 Å². The van der Waals surface area contributed by atoms with Crippen LogP contribution in [0.15, 0.2) is 28.7 Å². The highest BCUT2D eigenvalue weighted by Gasteiger charge is 2.31. The summed E-state index contributed by atoms with van der Waals surface area (Å²) in [6.07, 6.45) is 3.61. The van der Waals surface area contributed by atoms with Gasteiger partial charge in [-0.1, -0.05) is 31.2 Å². The van der Waals surface area contributed by atoms with Crippen LogP contribution in [0.1, 0.15) is 48.7 Å². The van der Waals surface area contributed by atoms with Gasteiger partial charge >= 0.3 is 0 Å². The average molecular weight is 340 g/mol. The second kappa shape index (κ2) is 7.26. The summed E-state index contributed by atoms with van der Waals surface area (Å²) in [5, 5.41) is 8.38. The minimum absolute atomic E-state index is 0.194. The molecule has 1 aromatic carbocycles. The maximum absolute atomic E-state index is 5.80. The lowest BCUT2D eigenvalue weighted by molar-refractivity contribution is 0.109. The van der Waals surface area contributed by atoms with Crippen molar-refractivity contribution in [2.75, 3.05) is 26.2 Å². The van der Waals surface area contributed by atoms with Crippen LogP contribution in [0.2, 0.25) is 0 Å². The van der Waals surface area contributed by atoms with Crippen molar-refractivity contribution in [1.29, 1.82) is 0 Å². The molecule has 4 rings (SSSR count). The zero-order chi connectivity index (χ0) is 17.2. The van der Waals surface area contributed by atoms with Crippen LogP contribution in [0.25, 0.3) is 0 Å². The molecular weight excluding hydrogens is 312 g/mol. The number of nitrogens with zero attached hydrogens (tertiary/aromatic N) is 4. The Morgan fingerprint density at radius 1 is 1.08 bits per heavy atom. The molecule has 3 heterocycles. The van der Waals surface area contributed by atoms with Crippen LogP contribution >= 0.6 is 0 Å². The van der Waals surface area contributed by atoms with E-state index in [9.17, 15) is 0 Å². The van der Waals surface area contributed by atoms with Gasteiger partial charge in [-0.15, -0.1) is 10.2 Å². The van der Waals surface area contributed by atoms with E-state index in [2.05, 4.69) is 51.2 Å². The number of piperidine rings is 1. The Labute approximate surface area is 150 Å². The standard InChI is InChI=1S/C20H28N4O/c1-15-7-9-23(10-8-15)11-12-24-14-18-6-4-3-5-17(18)13-19(24)20-22-21-16(2)25-20/h3-6,15,19H,7-14H2,1-2H3. The Bertz CT molecular complexity index is 705. The highest BCUT2D eigenvalue weighted by Crippen LogP contribution is 2.32. The first-order chi connectivity index (χ1) is 12.2. The SMILES string of the molecule is Cc1nnc(C2Cc3ccccc3CN2CCN2CCC(C)CC2)o1. The largest absolute Gasteiger partial charge is 0.424 e. The number of likely N-dealkylation sites (tertiary alicyclic amines) is 1. The first-order valence-corrected chi connectivity index (χ1v) is 9.52. The van der Waals surface area contributed by atoms with Gasteiger partial charge in [-0.05, 0) is 49.4 Å². The van der Waals surface area contributed by atoms with Crippen molar-refractivity contribution >= 4 is 0 Å². The van der Waals surface area contributed by atoms with Crippen molar-refractivity contribution in [1.82, 2.24) is 20.0 Å². The van der Waals surface area contributed by atoms with E-state index in [-0.39, 0.29) is 6.04 Å². The van der Waals surface area contributed by atoms with Crippen LogP contribution in [-0.4, -0.2) is 46.2 Å². The minimum atomic E-state index is 0.194. The van der Waals surface area contributed by atoms with Crippen molar-refractivity contribution in [3.05, 3.63) is 47.2 Å². The van der Waals surface area contributed by atoms with Gasteiger partial charge < -0.3 is 9.32 Å². The Balaban J connectivity index is 1.49. The van der Waals surface area contributed by atoms with E-state index in [4.69, 9.17) is 4.42 Å². The quantitative estimate of drug-likeness (QED) is 0.855. The molecule has 0 saturated carbocycles. The van der Waals surface area contributed by atoms with Crippen molar-refractivity contribution in [3.8, 4) is 0 Å². The number of rotatable bonds is 4. The molecule has 5 nitrogen and oxygen atoms in total. The molecule has 0 amide bonds. The normalized spacial score (nSPS) is 22.9. The van der Waals surface area contributed by atoms with Crippen molar-refractivity contribution in [2.24, 2.45) is 5.92 Å². The van der Waals surface area contributed by atoms with Crippen LogP contribution < -0.4 is 0 Å². The number of hydrogen-bond acceptors (Lipinski definition) is 5. The fourth-order valence-corrected chi connectivity index (χ4v) is 4.06. The van der Waals surface area contributed by atoms with Crippen molar-refractivity contribution in [3.63, 3.8) is 0 Å². The van der Waals surface area contributed by atoms with E-state index < -0.39 is 0 Å². The van der Waals surface area contributed by atoms with E-state index in [1.54, 1.807) is 0 Å². The van der Waals surface area contributed by atoms with Crippen molar-refractivity contribution in [2.45, 2.75) is 45.7 Å². The number of aryl methyl sites for hydroxylation is 1. The highest BCUT2D eigenvalue weighted by molar-refractivity contribution is 5.30. The van der Waals surface area contributed by atoms with E-state index in [1.807, 2.05) is 6.92 Å². The van der Waals surface area contributed by atoms with E-state index in [0.29, 0.717) is 5.89 Å². The van der Waals surface area contributed by atoms with Gasteiger partial charge in [-0.3, -0.25) is 4.90 Å². The Kier molecular flexibility index (Phi) is 4.86. The summed E-state index contributed by atoms with van der Waals surface area (Å²) in [5.74, 6) is 2.30. The number of hydrogen-bond donors (Lipinski definition) is 0. The summed E-state index contributed by atoms with van der Waals surface area (Å²) < 4.78 is 5.80. The molecule has 1 saturated heterocycles. The highest BCUT2D eigenvalue weighted by atomic mass is 16.4. The van der Waals surface area contributed by atoms with Crippen LogP contribution in [0, 0.1) is 12.8 Å². The van der Waals surface area contributed by atoms with E-state index in [0.717, 1.165) is 37.9 Å². The van der Waals surface area contributed by atoms with Gasteiger partial charge in [0.1, 0.15) is 0 Å². The lowest BCUT2D eigenvalue weighted by Crippen LogP contribution is -2.42. The molecule has 0 spiro atoms. The summed E-state index contributed by atoms with van der Waals surface area (Å²) in [6.45, 7) is 9.84. The number of fused-ring (bicyclic) bond motifs is 1. The molecule has 1 atom stereocenters. The molecule has 134 valence electrons. The van der Waals surface area contributed by atoms with E-state index >= 15 is 0 Å². The summed E-state index contributed by atoms with van der Waals surface area (Å²) in [6, 6.07) is 8.94. The maximum atomic E-state index is 5.80. The predicted molar refractivity (Wildman–Crippen MR) is 97.2 cm³/mol. The van der Waals surface area contributed by atoms with Gasteiger partial charge in [0.2, 0.25) is 11.8 Å². The monoisotopic (exact) mass is 340 g/mol. The summed E-state index contributed by atoms with van der Waals surface area (Å²) in [7, 11) is 0. The third-order valence-corrected chi connectivity index (χ3v) is 5.75. The topological polar surface area (TPSA) is 45.4 Å². The smallest absolute Gasteiger partial charge is 0.233 e. The third kappa shape index (κ3) is 3.77. The molecule has 0 bridgehead atoms. The maximum Gasteiger partial charge on any atom is 0.233 e. The second-order valence-electron chi connectivity index (χ2n) is 7.64. The summed E-state index contributed by atoms with van der Waals surface area (Å²) in [4.78, 5) is 5.13. The van der Waals surface area contributed by atoms with Gasteiger partial charge in [0.05, 0.1) is 6.04 Å². The predicted octanol–water partition coefficient (Wildman–Crippen LogP) is 3.21. The van der Waals surface area contributed by atoms with Gasteiger partial charge in [0.25, 0.3) is 0 Å². The molecule has 0 N–H and O–H groups in total.